The van der Waals surface area contributed by atoms with Crippen molar-refractivity contribution in [1.82, 2.24) is 0 Å². The maximum absolute atomic E-state index is 12.4. The fourth-order valence-electron chi connectivity index (χ4n) is 3.74. The minimum Gasteiger partial charge on any atom is -0.468 e. The molecule has 0 heterocycles. The highest BCUT2D eigenvalue weighted by Gasteiger charge is 2.69. The quantitative estimate of drug-likeness (QED) is 0.253. The van der Waals surface area contributed by atoms with Crippen LogP contribution in [0.3, 0.4) is 0 Å². The number of rotatable bonds is 10. The first kappa shape index (κ1) is 22.7. The summed E-state index contributed by atoms with van der Waals surface area (Å²) in [5, 5.41) is 0. The van der Waals surface area contributed by atoms with E-state index in [-0.39, 0.29) is 5.92 Å². The molecule has 0 N–H and O–H groups in total. The average molecular weight is 402 g/mol. The summed E-state index contributed by atoms with van der Waals surface area (Å²) in [6.07, 6.45) is 7.80. The first-order chi connectivity index (χ1) is 14.0. The van der Waals surface area contributed by atoms with Gasteiger partial charge in [-0.15, -0.1) is 0 Å². The highest BCUT2D eigenvalue weighted by Crippen LogP contribution is 2.60. The predicted octanol–water partition coefficient (Wildman–Crippen LogP) is 4.18. The third-order valence-corrected chi connectivity index (χ3v) is 5.50. The number of methoxy groups -OCH3 is 3. The van der Waals surface area contributed by atoms with Gasteiger partial charge in [0, 0.05) is 5.92 Å². The fourth-order valence-corrected chi connectivity index (χ4v) is 3.74. The third-order valence-electron chi connectivity index (χ3n) is 5.50. The number of ether oxygens (including phenoxy) is 3. The normalized spacial score (nSPS) is 17.4. The van der Waals surface area contributed by atoms with E-state index in [4.69, 9.17) is 14.2 Å². The SMILES string of the molecule is CCCCCC/C=C(/c1ccc(C(=O)OC)cc1)C1CC1(C(=O)OC)C(=O)OC. The standard InChI is InChI=1S/C23H30O6/c1-5-6-7-8-9-10-18(16-11-13-17(14-12-16)20(24)27-2)19-15-23(19,21(25)28-3)22(26)29-4/h10-14,19H,5-9,15H2,1-4H3/b18-10-. The van der Waals surface area contributed by atoms with Gasteiger partial charge >= 0.3 is 17.9 Å². The lowest BCUT2D eigenvalue weighted by atomic mass is 9.92. The lowest BCUT2D eigenvalue weighted by Crippen LogP contribution is -2.30. The Balaban J connectivity index is 2.33. The second-order valence-electron chi connectivity index (χ2n) is 7.29. The van der Waals surface area contributed by atoms with Crippen molar-refractivity contribution >= 4 is 23.5 Å². The summed E-state index contributed by atoms with van der Waals surface area (Å²) >= 11 is 0. The molecule has 1 aromatic rings. The van der Waals surface area contributed by atoms with Crippen molar-refractivity contribution < 1.29 is 28.6 Å². The summed E-state index contributed by atoms with van der Waals surface area (Å²) < 4.78 is 14.6. The first-order valence-corrected chi connectivity index (χ1v) is 10.0. The van der Waals surface area contributed by atoms with Gasteiger partial charge < -0.3 is 14.2 Å². The Morgan fingerprint density at radius 1 is 0.931 bits per heavy atom. The molecular weight excluding hydrogens is 372 g/mol. The number of hydrogen-bond donors (Lipinski definition) is 0. The molecule has 1 atom stereocenters. The van der Waals surface area contributed by atoms with Crippen LogP contribution >= 0.6 is 0 Å². The van der Waals surface area contributed by atoms with Crippen LogP contribution in [0.15, 0.2) is 30.3 Å². The molecular formula is C23H30O6. The van der Waals surface area contributed by atoms with Gasteiger partial charge in [0.05, 0.1) is 26.9 Å². The molecule has 1 unspecified atom stereocenters. The molecule has 0 aromatic heterocycles. The molecule has 1 fully saturated rings. The van der Waals surface area contributed by atoms with Crippen LogP contribution in [0.4, 0.5) is 0 Å². The van der Waals surface area contributed by atoms with Crippen LogP contribution in [0, 0.1) is 11.3 Å². The highest BCUT2D eigenvalue weighted by atomic mass is 16.5. The Labute approximate surface area is 172 Å². The lowest BCUT2D eigenvalue weighted by Gasteiger charge is -2.15. The smallest absolute Gasteiger partial charge is 0.337 e. The van der Waals surface area contributed by atoms with Crippen molar-refractivity contribution in [3.8, 4) is 0 Å². The largest absolute Gasteiger partial charge is 0.468 e. The molecule has 29 heavy (non-hydrogen) atoms. The topological polar surface area (TPSA) is 78.9 Å². The minimum absolute atomic E-state index is 0.308. The maximum Gasteiger partial charge on any atom is 0.337 e. The van der Waals surface area contributed by atoms with Crippen molar-refractivity contribution in [2.24, 2.45) is 11.3 Å². The number of benzene rings is 1. The molecule has 2 rings (SSSR count). The molecule has 0 radical (unpaired) electrons. The molecule has 158 valence electrons. The van der Waals surface area contributed by atoms with E-state index in [0.29, 0.717) is 12.0 Å². The number of hydrogen-bond acceptors (Lipinski definition) is 6. The summed E-state index contributed by atoms with van der Waals surface area (Å²) in [7, 11) is 3.90. The van der Waals surface area contributed by atoms with Crippen LogP contribution < -0.4 is 0 Å². The fraction of sp³-hybridized carbons (Fsp3) is 0.522. The van der Waals surface area contributed by atoms with E-state index in [1.165, 1.54) is 27.8 Å². The Kier molecular flexibility index (Phi) is 8.00. The van der Waals surface area contributed by atoms with Crippen molar-refractivity contribution in [3.63, 3.8) is 0 Å². The Morgan fingerprint density at radius 2 is 1.52 bits per heavy atom. The monoisotopic (exact) mass is 402 g/mol. The van der Waals surface area contributed by atoms with E-state index >= 15 is 0 Å². The summed E-state index contributed by atoms with van der Waals surface area (Å²) in [6.45, 7) is 2.16. The van der Waals surface area contributed by atoms with Gasteiger partial charge in [0.2, 0.25) is 0 Å². The number of allylic oxidation sites excluding steroid dienone is 2. The molecule has 0 spiro atoms. The van der Waals surface area contributed by atoms with E-state index in [2.05, 4.69) is 13.0 Å². The van der Waals surface area contributed by atoms with Gasteiger partial charge in [0.25, 0.3) is 0 Å². The van der Waals surface area contributed by atoms with Gasteiger partial charge in [-0.1, -0.05) is 44.4 Å². The second kappa shape index (κ2) is 10.2. The summed E-state index contributed by atoms with van der Waals surface area (Å²) in [5.74, 6) is -1.86. The number of carbonyl (C=O) groups is 3. The Bertz CT molecular complexity index is 746. The van der Waals surface area contributed by atoms with E-state index < -0.39 is 23.3 Å². The van der Waals surface area contributed by atoms with Gasteiger partial charge in [-0.05, 0) is 42.5 Å². The molecule has 1 saturated carbocycles. The molecule has 6 nitrogen and oxygen atoms in total. The molecule has 1 aliphatic carbocycles. The van der Waals surface area contributed by atoms with Crippen LogP contribution in [0.2, 0.25) is 0 Å². The second-order valence-corrected chi connectivity index (χ2v) is 7.29. The summed E-state index contributed by atoms with van der Waals surface area (Å²) in [6, 6.07) is 7.02. The Hall–Kier alpha value is -2.63. The molecule has 0 amide bonds. The van der Waals surface area contributed by atoms with Crippen molar-refractivity contribution in [2.45, 2.75) is 45.4 Å². The van der Waals surface area contributed by atoms with Gasteiger partial charge in [-0.25, -0.2) is 4.79 Å². The van der Waals surface area contributed by atoms with Crippen molar-refractivity contribution in [3.05, 3.63) is 41.5 Å². The number of esters is 3. The van der Waals surface area contributed by atoms with Crippen molar-refractivity contribution in [1.29, 1.82) is 0 Å². The zero-order valence-corrected chi connectivity index (χ0v) is 17.7. The van der Waals surface area contributed by atoms with E-state index in [1.807, 2.05) is 12.1 Å². The lowest BCUT2D eigenvalue weighted by molar-refractivity contribution is -0.161. The zero-order chi connectivity index (χ0) is 21.4. The summed E-state index contributed by atoms with van der Waals surface area (Å²) in [4.78, 5) is 36.6. The van der Waals surface area contributed by atoms with Gasteiger partial charge in [0.15, 0.2) is 5.41 Å². The number of unbranched alkanes of at least 4 members (excludes halogenated alkanes) is 4. The average Bonchev–Trinajstić information content (AvgIpc) is 3.51. The number of carbonyl (C=O) groups excluding carboxylic acids is 3. The molecule has 0 saturated heterocycles. The van der Waals surface area contributed by atoms with Crippen LogP contribution in [0.1, 0.15) is 61.4 Å². The predicted molar refractivity (Wildman–Crippen MR) is 109 cm³/mol. The Morgan fingerprint density at radius 3 is 2.03 bits per heavy atom. The van der Waals surface area contributed by atoms with E-state index in [0.717, 1.165) is 36.8 Å². The van der Waals surface area contributed by atoms with Crippen LogP contribution in [-0.2, 0) is 23.8 Å². The molecule has 6 heteroatoms. The van der Waals surface area contributed by atoms with E-state index in [9.17, 15) is 14.4 Å². The summed E-state index contributed by atoms with van der Waals surface area (Å²) in [5.41, 5.74) is 0.933. The van der Waals surface area contributed by atoms with Crippen molar-refractivity contribution in [2.75, 3.05) is 21.3 Å². The highest BCUT2D eigenvalue weighted by molar-refractivity contribution is 6.06. The van der Waals surface area contributed by atoms with Gasteiger partial charge in [0.1, 0.15) is 0 Å². The first-order valence-electron chi connectivity index (χ1n) is 10.0. The zero-order valence-electron chi connectivity index (χ0n) is 17.7. The third kappa shape index (κ3) is 4.86. The van der Waals surface area contributed by atoms with Gasteiger partial charge in [-0.2, -0.15) is 0 Å². The van der Waals surface area contributed by atoms with Crippen LogP contribution in [-0.4, -0.2) is 39.2 Å². The molecule has 1 aliphatic rings. The maximum atomic E-state index is 12.4. The van der Waals surface area contributed by atoms with Crippen LogP contribution in [0.5, 0.6) is 0 Å². The molecule has 0 aliphatic heterocycles. The minimum atomic E-state index is -1.29. The van der Waals surface area contributed by atoms with Gasteiger partial charge in [-0.3, -0.25) is 9.59 Å². The molecule has 1 aromatic carbocycles. The molecule has 0 bridgehead atoms. The van der Waals surface area contributed by atoms with E-state index in [1.54, 1.807) is 12.1 Å². The van der Waals surface area contributed by atoms with Crippen LogP contribution in [0.25, 0.3) is 5.57 Å².